The lowest BCUT2D eigenvalue weighted by atomic mass is 10.1. The number of nitrogens with zero attached hydrogens (tertiary/aromatic N) is 4. The maximum absolute atomic E-state index is 13.7. The molecule has 0 N–H and O–H groups in total. The fourth-order valence-corrected chi connectivity index (χ4v) is 8.30. The van der Waals surface area contributed by atoms with Gasteiger partial charge in [0.15, 0.2) is 0 Å². The van der Waals surface area contributed by atoms with Gasteiger partial charge in [-0.3, -0.25) is 9.69 Å². The second kappa shape index (κ2) is 12.0. The van der Waals surface area contributed by atoms with Crippen molar-refractivity contribution in [3.05, 3.63) is 107 Å². The number of hydrogen-bond acceptors (Lipinski definition) is 6. The van der Waals surface area contributed by atoms with Gasteiger partial charge in [0.25, 0.3) is 5.91 Å². The quantitative estimate of drug-likeness (QED) is 0.171. The molecule has 2 fully saturated rings. The topological polar surface area (TPSA) is 75.5 Å². The molecule has 42 heavy (non-hydrogen) atoms. The molecule has 0 saturated carbocycles. The highest BCUT2D eigenvalue weighted by Gasteiger charge is 2.36. The number of aromatic nitrogens is 2. The van der Waals surface area contributed by atoms with Crippen molar-refractivity contribution in [2.75, 3.05) is 13.1 Å². The van der Waals surface area contributed by atoms with E-state index in [0.717, 1.165) is 30.5 Å². The van der Waals surface area contributed by atoms with E-state index in [4.69, 9.17) is 17.3 Å². The molecule has 4 aromatic rings. The number of benzene rings is 3. The zero-order chi connectivity index (χ0) is 29.3. The molecule has 6 rings (SSSR count). The van der Waals surface area contributed by atoms with Crippen LogP contribution in [-0.2, 0) is 14.8 Å². The number of rotatable bonds is 7. The number of thioether (sulfide) groups is 1. The Hall–Kier alpha value is -3.57. The molecule has 1 atom stereocenters. The zero-order valence-electron chi connectivity index (χ0n) is 23.1. The Bertz CT molecular complexity index is 1760. The summed E-state index contributed by atoms with van der Waals surface area (Å²) in [6.45, 7) is 3.03. The molecule has 1 unspecified atom stereocenters. The number of para-hydroxylation sites is 1. The Morgan fingerprint density at radius 2 is 1.62 bits per heavy atom. The molecule has 7 nitrogen and oxygen atoms in total. The van der Waals surface area contributed by atoms with Crippen LogP contribution in [0.25, 0.3) is 23.0 Å². The lowest BCUT2D eigenvalue weighted by molar-refractivity contribution is -0.123. The van der Waals surface area contributed by atoms with Crippen LogP contribution in [0.1, 0.15) is 43.4 Å². The Labute approximate surface area is 255 Å². The molecule has 3 aromatic carbocycles. The summed E-state index contributed by atoms with van der Waals surface area (Å²) in [6.07, 6.45) is 6.45. The van der Waals surface area contributed by atoms with Crippen LogP contribution in [0.3, 0.4) is 0 Å². The van der Waals surface area contributed by atoms with Crippen LogP contribution >= 0.6 is 24.0 Å². The van der Waals surface area contributed by atoms with E-state index in [2.05, 4.69) is 0 Å². The third-order valence-corrected chi connectivity index (χ3v) is 10.8. The maximum atomic E-state index is 13.7. The number of piperidine rings is 1. The van der Waals surface area contributed by atoms with Crippen LogP contribution in [0, 0.1) is 0 Å². The Morgan fingerprint density at radius 1 is 0.929 bits per heavy atom. The molecule has 10 heteroatoms. The number of carbonyl (C=O) groups is 1. The normalized spacial score (nSPS) is 18.1. The van der Waals surface area contributed by atoms with E-state index in [9.17, 15) is 13.2 Å². The van der Waals surface area contributed by atoms with Gasteiger partial charge >= 0.3 is 0 Å². The largest absolute Gasteiger partial charge is 0.286 e. The predicted octanol–water partition coefficient (Wildman–Crippen LogP) is 6.68. The van der Waals surface area contributed by atoms with Crippen molar-refractivity contribution in [3.8, 4) is 16.9 Å². The highest BCUT2D eigenvalue weighted by Crippen LogP contribution is 2.39. The van der Waals surface area contributed by atoms with E-state index in [-0.39, 0.29) is 16.8 Å². The monoisotopic (exact) mass is 614 g/mol. The Balaban J connectivity index is 1.40. The van der Waals surface area contributed by atoms with Crippen molar-refractivity contribution in [2.24, 2.45) is 0 Å². The minimum Gasteiger partial charge on any atom is -0.286 e. The summed E-state index contributed by atoms with van der Waals surface area (Å²) in [7, 11) is -3.63. The number of sulfonamides is 1. The van der Waals surface area contributed by atoms with Crippen molar-refractivity contribution in [1.29, 1.82) is 0 Å². The average Bonchev–Trinajstić information content (AvgIpc) is 3.58. The molecule has 1 amide bonds. The van der Waals surface area contributed by atoms with Gasteiger partial charge in [-0.15, -0.1) is 0 Å². The highest BCUT2D eigenvalue weighted by molar-refractivity contribution is 8.26. The van der Waals surface area contributed by atoms with Crippen molar-refractivity contribution in [1.82, 2.24) is 19.0 Å². The smallest absolute Gasteiger partial charge is 0.266 e. The first-order chi connectivity index (χ1) is 20.3. The van der Waals surface area contributed by atoms with E-state index >= 15 is 0 Å². The lowest BCUT2D eigenvalue weighted by Crippen LogP contribution is -2.35. The molecular weight excluding hydrogens is 585 g/mol. The molecule has 0 aliphatic carbocycles. The van der Waals surface area contributed by atoms with Gasteiger partial charge in [0.05, 0.1) is 21.5 Å². The lowest BCUT2D eigenvalue weighted by Gasteiger charge is -2.26. The molecule has 0 spiro atoms. The van der Waals surface area contributed by atoms with Crippen molar-refractivity contribution < 1.29 is 13.2 Å². The van der Waals surface area contributed by atoms with Crippen LogP contribution < -0.4 is 0 Å². The number of hydrogen-bond donors (Lipinski definition) is 0. The van der Waals surface area contributed by atoms with Gasteiger partial charge in [0, 0.05) is 30.4 Å². The molecule has 1 aromatic heterocycles. The van der Waals surface area contributed by atoms with Gasteiger partial charge in [0.2, 0.25) is 10.0 Å². The molecule has 3 heterocycles. The minimum absolute atomic E-state index is 0.166. The second-order valence-corrected chi connectivity index (χ2v) is 14.0. The number of amides is 1. The van der Waals surface area contributed by atoms with Gasteiger partial charge in [-0.1, -0.05) is 91.1 Å². The van der Waals surface area contributed by atoms with Gasteiger partial charge in [0.1, 0.15) is 10.0 Å². The van der Waals surface area contributed by atoms with Crippen LogP contribution in [0.4, 0.5) is 0 Å². The SMILES string of the molecule is CC(c1ccccc1)N1C(=O)C(=Cc2cn(-c3ccccc3)nc2-c2cccc(S(=O)(=O)N3CCCCC3)c2)SC1=S. The standard InChI is InChI=1S/C32H30N4O3S3/c1-23(24-12-5-2-6-13-24)36-31(37)29(41-32(36)40)21-26-22-35(27-15-7-3-8-16-27)33-30(26)25-14-11-17-28(20-25)42(38,39)34-18-9-4-10-19-34/h2-3,5-8,11-17,20-23H,4,9-10,18-19H2,1H3. The maximum Gasteiger partial charge on any atom is 0.266 e. The third-order valence-electron chi connectivity index (χ3n) is 7.60. The van der Waals surface area contributed by atoms with E-state index in [1.807, 2.05) is 85.9 Å². The van der Waals surface area contributed by atoms with Crippen molar-refractivity contribution in [2.45, 2.75) is 37.1 Å². The molecule has 0 radical (unpaired) electrons. The molecule has 2 aliphatic rings. The first-order valence-corrected chi connectivity index (χ1v) is 16.6. The minimum atomic E-state index is -3.63. The number of carbonyl (C=O) groups excluding carboxylic acids is 1. The Morgan fingerprint density at radius 3 is 2.33 bits per heavy atom. The van der Waals surface area contributed by atoms with Gasteiger partial charge in [-0.2, -0.15) is 9.40 Å². The van der Waals surface area contributed by atoms with Gasteiger partial charge in [-0.25, -0.2) is 13.1 Å². The average molecular weight is 615 g/mol. The van der Waals surface area contributed by atoms with E-state index in [1.165, 1.54) is 11.8 Å². The fourth-order valence-electron chi connectivity index (χ4n) is 5.32. The van der Waals surface area contributed by atoms with Crippen LogP contribution in [0.15, 0.2) is 101 Å². The first-order valence-electron chi connectivity index (χ1n) is 13.9. The summed E-state index contributed by atoms with van der Waals surface area (Å²) in [4.78, 5) is 16.0. The van der Waals surface area contributed by atoms with Crippen molar-refractivity contribution >= 4 is 50.3 Å². The summed E-state index contributed by atoms with van der Waals surface area (Å²) in [6, 6.07) is 26.2. The van der Waals surface area contributed by atoms with E-state index in [0.29, 0.717) is 39.1 Å². The summed E-state index contributed by atoms with van der Waals surface area (Å²) < 4.78 is 30.8. The van der Waals surface area contributed by atoms with Gasteiger partial charge in [-0.05, 0) is 55.7 Å². The zero-order valence-corrected chi connectivity index (χ0v) is 25.5. The first kappa shape index (κ1) is 28.5. The van der Waals surface area contributed by atoms with E-state index < -0.39 is 10.0 Å². The fraction of sp³-hybridized carbons (Fsp3) is 0.219. The predicted molar refractivity (Wildman–Crippen MR) is 171 cm³/mol. The number of thiocarbonyl (C=S) groups is 1. The molecular formula is C32H30N4O3S3. The molecule has 2 saturated heterocycles. The summed E-state index contributed by atoms with van der Waals surface area (Å²) in [5.74, 6) is -0.166. The van der Waals surface area contributed by atoms with Gasteiger partial charge < -0.3 is 0 Å². The van der Waals surface area contributed by atoms with Crippen LogP contribution in [-0.4, -0.2) is 50.7 Å². The van der Waals surface area contributed by atoms with Crippen molar-refractivity contribution in [3.63, 3.8) is 0 Å². The van der Waals surface area contributed by atoms with Crippen LogP contribution in [0.5, 0.6) is 0 Å². The molecule has 0 bridgehead atoms. The molecule has 214 valence electrons. The summed E-state index contributed by atoms with van der Waals surface area (Å²) in [5.41, 5.74) is 3.78. The second-order valence-electron chi connectivity index (χ2n) is 10.3. The summed E-state index contributed by atoms with van der Waals surface area (Å²) >= 11 is 6.91. The Kier molecular flexibility index (Phi) is 8.13. The molecule has 2 aliphatic heterocycles. The third kappa shape index (κ3) is 5.59. The van der Waals surface area contributed by atoms with Crippen LogP contribution in [0.2, 0.25) is 0 Å². The van der Waals surface area contributed by atoms with E-state index in [1.54, 1.807) is 32.1 Å². The highest BCUT2D eigenvalue weighted by atomic mass is 32.2. The summed E-state index contributed by atoms with van der Waals surface area (Å²) in [5, 5.41) is 4.87.